The molecule has 1 aromatic carbocycles. The summed E-state index contributed by atoms with van der Waals surface area (Å²) in [7, 11) is 0. The first-order valence-electron chi connectivity index (χ1n) is 10.9. The third kappa shape index (κ3) is 4.86. The Labute approximate surface area is 187 Å². The summed E-state index contributed by atoms with van der Waals surface area (Å²) in [4.78, 5) is 13.5. The molecule has 0 saturated carbocycles. The van der Waals surface area contributed by atoms with Crippen molar-refractivity contribution in [2.75, 3.05) is 17.2 Å². The zero-order valence-corrected chi connectivity index (χ0v) is 18.7. The molecule has 0 radical (unpaired) electrons. The predicted octanol–water partition coefficient (Wildman–Crippen LogP) is 4.10. The van der Waals surface area contributed by atoms with Crippen LogP contribution in [0.25, 0.3) is 16.8 Å². The average Bonchev–Trinajstić information content (AvgIpc) is 3.23. The van der Waals surface area contributed by atoms with E-state index in [0.29, 0.717) is 24.9 Å². The Bertz CT molecular complexity index is 1160. The Kier molecular flexibility index (Phi) is 6.61. The van der Waals surface area contributed by atoms with Crippen LogP contribution in [0.15, 0.2) is 55.0 Å². The smallest absolute Gasteiger partial charge is 0.229 e. The molecule has 166 valence electrons. The molecule has 0 saturated heterocycles. The first-order chi connectivity index (χ1) is 15.5. The Morgan fingerprint density at radius 3 is 2.50 bits per heavy atom. The maximum atomic E-state index is 9.22. The van der Waals surface area contributed by atoms with Gasteiger partial charge in [-0.1, -0.05) is 44.2 Å². The highest BCUT2D eigenvalue weighted by atomic mass is 16.3. The van der Waals surface area contributed by atoms with E-state index in [0.717, 1.165) is 27.9 Å². The number of nitrogens with one attached hydrogen (secondary N) is 2. The molecule has 0 bridgehead atoms. The van der Waals surface area contributed by atoms with Gasteiger partial charge in [0.05, 0.1) is 6.20 Å². The summed E-state index contributed by atoms with van der Waals surface area (Å²) in [6.45, 7) is 6.96. The number of aromatic nitrogens is 5. The van der Waals surface area contributed by atoms with Gasteiger partial charge in [0, 0.05) is 37.2 Å². The molecule has 0 unspecified atom stereocenters. The van der Waals surface area contributed by atoms with Crippen molar-refractivity contribution >= 4 is 17.5 Å². The molecule has 3 aromatic heterocycles. The lowest BCUT2D eigenvalue weighted by molar-refractivity contribution is 0.282. The highest BCUT2D eigenvalue weighted by Gasteiger charge is 2.16. The van der Waals surface area contributed by atoms with Gasteiger partial charge in [0.25, 0.3) is 0 Å². The SMILES string of the molecule is CC(C)c1cnn2c(NCc3ccc(-c4cccnc4)cc3)nc(N[C@@H](C)CCO)nc12. The van der Waals surface area contributed by atoms with Crippen molar-refractivity contribution in [3.05, 3.63) is 66.1 Å². The van der Waals surface area contributed by atoms with Crippen molar-refractivity contribution < 1.29 is 5.11 Å². The maximum absolute atomic E-state index is 9.22. The first-order valence-corrected chi connectivity index (χ1v) is 10.9. The van der Waals surface area contributed by atoms with Gasteiger partial charge in [-0.05, 0) is 42.0 Å². The molecule has 0 amide bonds. The molecule has 4 rings (SSSR count). The number of rotatable bonds is 9. The molecule has 0 aliphatic carbocycles. The minimum atomic E-state index is 0.0562. The van der Waals surface area contributed by atoms with E-state index in [-0.39, 0.29) is 18.6 Å². The van der Waals surface area contributed by atoms with Crippen LogP contribution < -0.4 is 10.6 Å². The summed E-state index contributed by atoms with van der Waals surface area (Å²) < 4.78 is 1.75. The van der Waals surface area contributed by atoms with Gasteiger partial charge in [-0.25, -0.2) is 0 Å². The van der Waals surface area contributed by atoms with E-state index >= 15 is 0 Å². The molecule has 8 nitrogen and oxygen atoms in total. The van der Waals surface area contributed by atoms with Gasteiger partial charge in [-0.15, -0.1) is 0 Å². The highest BCUT2D eigenvalue weighted by molar-refractivity contribution is 5.62. The van der Waals surface area contributed by atoms with Crippen LogP contribution >= 0.6 is 0 Å². The van der Waals surface area contributed by atoms with E-state index in [1.165, 1.54) is 0 Å². The minimum Gasteiger partial charge on any atom is -0.396 e. The number of fused-ring (bicyclic) bond motifs is 1. The number of anilines is 2. The fraction of sp³-hybridized carbons (Fsp3) is 0.333. The molecule has 8 heteroatoms. The second kappa shape index (κ2) is 9.74. The van der Waals surface area contributed by atoms with Crippen molar-refractivity contribution in [1.82, 2.24) is 24.6 Å². The van der Waals surface area contributed by atoms with E-state index < -0.39 is 0 Å². The van der Waals surface area contributed by atoms with E-state index in [2.05, 4.69) is 63.8 Å². The molecular weight excluding hydrogens is 402 g/mol. The lowest BCUT2D eigenvalue weighted by Gasteiger charge is -2.15. The number of nitrogens with zero attached hydrogens (tertiary/aromatic N) is 5. The average molecular weight is 432 g/mol. The largest absolute Gasteiger partial charge is 0.396 e. The number of hydrogen-bond donors (Lipinski definition) is 3. The van der Waals surface area contributed by atoms with Crippen LogP contribution in [-0.4, -0.2) is 42.3 Å². The van der Waals surface area contributed by atoms with Crippen LogP contribution in [0.5, 0.6) is 0 Å². The highest BCUT2D eigenvalue weighted by Crippen LogP contribution is 2.23. The molecule has 0 aliphatic heterocycles. The fourth-order valence-electron chi connectivity index (χ4n) is 3.50. The lowest BCUT2D eigenvalue weighted by Crippen LogP contribution is -2.20. The Balaban J connectivity index is 1.57. The van der Waals surface area contributed by atoms with Crippen LogP contribution in [0.4, 0.5) is 11.9 Å². The number of aliphatic hydroxyl groups is 1. The van der Waals surface area contributed by atoms with Gasteiger partial charge in [-0.2, -0.15) is 19.6 Å². The van der Waals surface area contributed by atoms with Crippen LogP contribution in [-0.2, 0) is 6.54 Å². The van der Waals surface area contributed by atoms with E-state index in [9.17, 15) is 5.11 Å². The quantitative estimate of drug-likeness (QED) is 0.367. The second-order valence-electron chi connectivity index (χ2n) is 8.21. The second-order valence-corrected chi connectivity index (χ2v) is 8.21. The third-order valence-corrected chi connectivity index (χ3v) is 5.35. The lowest BCUT2D eigenvalue weighted by atomic mass is 10.1. The molecule has 32 heavy (non-hydrogen) atoms. The van der Waals surface area contributed by atoms with E-state index in [4.69, 9.17) is 4.98 Å². The van der Waals surface area contributed by atoms with Crippen molar-refractivity contribution in [3.63, 3.8) is 0 Å². The first kappa shape index (κ1) is 21.7. The summed E-state index contributed by atoms with van der Waals surface area (Å²) in [6.07, 6.45) is 6.11. The van der Waals surface area contributed by atoms with Gasteiger partial charge in [-0.3, -0.25) is 4.98 Å². The third-order valence-electron chi connectivity index (χ3n) is 5.35. The minimum absolute atomic E-state index is 0.0562. The van der Waals surface area contributed by atoms with E-state index in [1.807, 2.05) is 31.5 Å². The predicted molar refractivity (Wildman–Crippen MR) is 127 cm³/mol. The fourth-order valence-corrected chi connectivity index (χ4v) is 3.50. The monoisotopic (exact) mass is 431 g/mol. The molecule has 0 aliphatic rings. The summed E-state index contributed by atoms with van der Waals surface area (Å²) in [5, 5.41) is 20.4. The molecule has 0 spiro atoms. The number of pyridine rings is 1. The number of aliphatic hydroxyl groups excluding tert-OH is 1. The summed E-state index contributed by atoms with van der Waals surface area (Å²) in [5.41, 5.74) is 5.19. The van der Waals surface area contributed by atoms with Gasteiger partial charge < -0.3 is 15.7 Å². The van der Waals surface area contributed by atoms with Gasteiger partial charge in [0.15, 0.2) is 5.65 Å². The molecule has 3 N–H and O–H groups in total. The van der Waals surface area contributed by atoms with E-state index in [1.54, 1.807) is 10.7 Å². The zero-order valence-electron chi connectivity index (χ0n) is 18.7. The summed E-state index contributed by atoms with van der Waals surface area (Å²) in [5.74, 6) is 1.44. The standard InChI is InChI=1S/C24H29N7O/c1-16(2)21-15-27-31-22(21)29-23(28-17(3)10-12-32)30-24(31)26-13-18-6-8-19(9-7-18)20-5-4-11-25-14-20/h4-9,11,14-17,32H,10,12-13H2,1-3H3,(H2,26,28,29,30)/t17-/m0/s1. The van der Waals surface area contributed by atoms with Crippen molar-refractivity contribution in [1.29, 1.82) is 0 Å². The summed E-state index contributed by atoms with van der Waals surface area (Å²) in [6, 6.07) is 12.4. The molecule has 4 aromatic rings. The topological polar surface area (TPSA) is 100 Å². The Hall–Kier alpha value is -3.52. The molecule has 0 fully saturated rings. The van der Waals surface area contributed by atoms with Crippen molar-refractivity contribution in [3.8, 4) is 11.1 Å². The zero-order chi connectivity index (χ0) is 22.5. The van der Waals surface area contributed by atoms with Gasteiger partial charge in [0.1, 0.15) is 0 Å². The normalized spacial score (nSPS) is 12.3. The molecule has 3 heterocycles. The number of benzene rings is 1. The van der Waals surface area contributed by atoms with Gasteiger partial charge >= 0.3 is 0 Å². The Morgan fingerprint density at radius 2 is 1.81 bits per heavy atom. The number of hydrogen-bond acceptors (Lipinski definition) is 7. The van der Waals surface area contributed by atoms with Crippen LogP contribution in [0.2, 0.25) is 0 Å². The van der Waals surface area contributed by atoms with Gasteiger partial charge in [0.2, 0.25) is 11.9 Å². The van der Waals surface area contributed by atoms with Crippen LogP contribution in [0.1, 0.15) is 44.2 Å². The molecule has 1 atom stereocenters. The Morgan fingerprint density at radius 1 is 1.00 bits per heavy atom. The van der Waals surface area contributed by atoms with Crippen LogP contribution in [0, 0.1) is 0 Å². The van der Waals surface area contributed by atoms with Crippen LogP contribution in [0.3, 0.4) is 0 Å². The summed E-state index contributed by atoms with van der Waals surface area (Å²) >= 11 is 0. The van der Waals surface area contributed by atoms with Crippen molar-refractivity contribution in [2.24, 2.45) is 0 Å². The van der Waals surface area contributed by atoms with Crippen molar-refractivity contribution in [2.45, 2.75) is 45.7 Å². The maximum Gasteiger partial charge on any atom is 0.229 e. The molecular formula is C24H29N7O.